The van der Waals surface area contributed by atoms with Crippen molar-refractivity contribution in [3.63, 3.8) is 0 Å². The zero-order valence-electron chi connectivity index (χ0n) is 12.4. The second kappa shape index (κ2) is 6.70. The van der Waals surface area contributed by atoms with Gasteiger partial charge in [-0.2, -0.15) is 5.10 Å². The third-order valence-electron chi connectivity index (χ3n) is 3.60. The smallest absolute Gasteiger partial charge is 0.323 e. The second-order valence-electron chi connectivity index (χ2n) is 5.02. The topological polar surface area (TPSA) is 67.2 Å². The fourth-order valence-corrected chi connectivity index (χ4v) is 2.49. The van der Waals surface area contributed by atoms with E-state index in [-0.39, 0.29) is 0 Å². The van der Waals surface area contributed by atoms with E-state index in [1.807, 2.05) is 38.4 Å². The summed E-state index contributed by atoms with van der Waals surface area (Å²) in [4.78, 5) is 11.5. The summed E-state index contributed by atoms with van der Waals surface area (Å²) in [6, 6.07) is 2.04. The van der Waals surface area contributed by atoms with Crippen molar-refractivity contribution in [3.05, 3.63) is 17.5 Å². The maximum Gasteiger partial charge on any atom is 0.323 e. The summed E-state index contributed by atoms with van der Waals surface area (Å²) in [6.45, 7) is 9.28. The Hall–Kier alpha value is -1.36. The molecule has 0 saturated heterocycles. The molecule has 1 atom stereocenters. The van der Waals surface area contributed by atoms with Gasteiger partial charge in [-0.15, -0.1) is 0 Å². The summed E-state index contributed by atoms with van der Waals surface area (Å²) in [5.74, 6) is -0.759. The zero-order chi connectivity index (χ0) is 14.5. The Bertz CT molecular complexity index is 428. The Balaban J connectivity index is 2.62. The lowest BCUT2D eigenvalue weighted by Crippen LogP contribution is -2.51. The molecule has 108 valence electrons. The monoisotopic (exact) mass is 267 g/mol. The lowest BCUT2D eigenvalue weighted by molar-refractivity contribution is -0.145. The molecule has 0 aliphatic carbocycles. The lowest BCUT2D eigenvalue weighted by Gasteiger charge is -2.29. The van der Waals surface area contributed by atoms with Crippen LogP contribution in [0, 0.1) is 13.8 Å². The largest absolute Gasteiger partial charge is 0.480 e. The number of carboxylic acid groups (broad SMARTS) is 1. The highest BCUT2D eigenvalue weighted by Gasteiger charge is 2.34. The van der Waals surface area contributed by atoms with Crippen LogP contribution in [0.1, 0.15) is 44.5 Å². The SMILES string of the molecule is CCNC(CC)(CCCn1nc(C)cc1C)C(=O)O. The predicted octanol–water partition coefficient (Wildman–Crippen LogP) is 2.12. The molecule has 0 aliphatic rings. The van der Waals surface area contributed by atoms with Gasteiger partial charge in [0.25, 0.3) is 0 Å². The van der Waals surface area contributed by atoms with E-state index in [2.05, 4.69) is 10.4 Å². The maximum atomic E-state index is 11.5. The molecule has 0 radical (unpaired) electrons. The summed E-state index contributed by atoms with van der Waals surface area (Å²) in [7, 11) is 0. The van der Waals surface area contributed by atoms with Crippen molar-refractivity contribution in [1.82, 2.24) is 15.1 Å². The average Bonchev–Trinajstić information content (AvgIpc) is 2.66. The molecule has 1 heterocycles. The normalized spacial score (nSPS) is 14.3. The summed E-state index contributed by atoms with van der Waals surface area (Å²) in [5.41, 5.74) is 1.33. The third-order valence-corrected chi connectivity index (χ3v) is 3.60. The minimum Gasteiger partial charge on any atom is -0.480 e. The van der Waals surface area contributed by atoms with Gasteiger partial charge in [0.2, 0.25) is 0 Å². The molecule has 1 aromatic heterocycles. The van der Waals surface area contributed by atoms with Crippen LogP contribution in [0.2, 0.25) is 0 Å². The molecule has 0 aromatic carbocycles. The number of aromatic nitrogens is 2. The average molecular weight is 267 g/mol. The van der Waals surface area contributed by atoms with Crippen LogP contribution >= 0.6 is 0 Å². The van der Waals surface area contributed by atoms with E-state index < -0.39 is 11.5 Å². The number of rotatable bonds is 8. The van der Waals surface area contributed by atoms with Crippen LogP contribution in [-0.2, 0) is 11.3 Å². The van der Waals surface area contributed by atoms with Gasteiger partial charge in [-0.05, 0) is 45.7 Å². The van der Waals surface area contributed by atoms with Gasteiger partial charge in [0.1, 0.15) is 5.54 Å². The van der Waals surface area contributed by atoms with E-state index >= 15 is 0 Å². The minimum absolute atomic E-state index is 0.591. The molecule has 0 spiro atoms. The van der Waals surface area contributed by atoms with Crippen LogP contribution in [0.5, 0.6) is 0 Å². The first kappa shape index (κ1) is 15.7. The molecule has 0 fully saturated rings. The summed E-state index contributed by atoms with van der Waals surface area (Å²) in [5, 5.41) is 16.9. The van der Waals surface area contributed by atoms with Crippen LogP contribution < -0.4 is 5.32 Å². The molecule has 5 nitrogen and oxygen atoms in total. The molecule has 0 saturated carbocycles. The number of aryl methyl sites for hydroxylation is 3. The molecular weight excluding hydrogens is 242 g/mol. The second-order valence-corrected chi connectivity index (χ2v) is 5.02. The van der Waals surface area contributed by atoms with Crippen LogP contribution in [0.4, 0.5) is 0 Å². The van der Waals surface area contributed by atoms with Crippen molar-refractivity contribution < 1.29 is 9.90 Å². The standard InChI is InChI=1S/C14H25N3O2/c1-5-14(13(18)19,15-6-2)8-7-9-17-12(4)10-11(3)16-17/h10,15H,5-9H2,1-4H3,(H,18,19). The Morgan fingerprint density at radius 2 is 2.16 bits per heavy atom. The number of aliphatic carboxylic acids is 1. The first-order chi connectivity index (χ1) is 8.95. The Morgan fingerprint density at radius 1 is 1.47 bits per heavy atom. The molecule has 5 heteroatoms. The van der Waals surface area contributed by atoms with Crippen molar-refractivity contribution in [2.45, 2.75) is 59.0 Å². The quantitative estimate of drug-likeness (QED) is 0.757. The van der Waals surface area contributed by atoms with E-state index in [1.54, 1.807) is 0 Å². The molecule has 1 unspecified atom stereocenters. The first-order valence-corrected chi connectivity index (χ1v) is 6.94. The van der Waals surface area contributed by atoms with Crippen LogP contribution in [0.25, 0.3) is 0 Å². The highest BCUT2D eigenvalue weighted by atomic mass is 16.4. The van der Waals surface area contributed by atoms with Gasteiger partial charge in [-0.3, -0.25) is 9.48 Å². The first-order valence-electron chi connectivity index (χ1n) is 6.94. The van der Waals surface area contributed by atoms with E-state index in [0.29, 0.717) is 19.4 Å². The number of hydrogen-bond acceptors (Lipinski definition) is 3. The number of nitrogens with zero attached hydrogens (tertiary/aromatic N) is 2. The lowest BCUT2D eigenvalue weighted by atomic mass is 9.90. The Morgan fingerprint density at radius 3 is 2.58 bits per heavy atom. The molecule has 0 bridgehead atoms. The fraction of sp³-hybridized carbons (Fsp3) is 0.714. The van der Waals surface area contributed by atoms with E-state index in [1.165, 1.54) is 0 Å². The number of nitrogens with one attached hydrogen (secondary N) is 1. The van der Waals surface area contributed by atoms with Crippen LogP contribution in [-0.4, -0.2) is 32.9 Å². The summed E-state index contributed by atoms with van der Waals surface area (Å²) < 4.78 is 1.95. The summed E-state index contributed by atoms with van der Waals surface area (Å²) >= 11 is 0. The van der Waals surface area contributed by atoms with E-state index in [0.717, 1.165) is 24.4 Å². The van der Waals surface area contributed by atoms with Gasteiger partial charge in [-0.1, -0.05) is 13.8 Å². The van der Waals surface area contributed by atoms with Crippen molar-refractivity contribution in [1.29, 1.82) is 0 Å². The Kier molecular flexibility index (Phi) is 5.54. The number of carboxylic acids is 1. The molecular formula is C14H25N3O2. The van der Waals surface area contributed by atoms with Gasteiger partial charge in [0.15, 0.2) is 0 Å². The molecule has 1 rings (SSSR count). The zero-order valence-corrected chi connectivity index (χ0v) is 12.4. The van der Waals surface area contributed by atoms with E-state index in [4.69, 9.17) is 0 Å². The van der Waals surface area contributed by atoms with Crippen LogP contribution in [0.3, 0.4) is 0 Å². The number of carbonyl (C=O) groups is 1. The van der Waals surface area contributed by atoms with Gasteiger partial charge >= 0.3 is 5.97 Å². The van der Waals surface area contributed by atoms with Crippen molar-refractivity contribution in [2.75, 3.05) is 6.54 Å². The maximum absolute atomic E-state index is 11.5. The van der Waals surface area contributed by atoms with Gasteiger partial charge in [0.05, 0.1) is 5.69 Å². The van der Waals surface area contributed by atoms with Gasteiger partial charge in [-0.25, -0.2) is 0 Å². The fourth-order valence-electron chi connectivity index (χ4n) is 2.49. The molecule has 0 amide bonds. The molecule has 1 aromatic rings. The highest BCUT2D eigenvalue weighted by Crippen LogP contribution is 2.19. The highest BCUT2D eigenvalue weighted by molar-refractivity contribution is 5.78. The van der Waals surface area contributed by atoms with Gasteiger partial charge < -0.3 is 10.4 Å². The van der Waals surface area contributed by atoms with Crippen molar-refractivity contribution in [2.24, 2.45) is 0 Å². The predicted molar refractivity (Wildman–Crippen MR) is 75.3 cm³/mol. The summed E-state index contributed by atoms with van der Waals surface area (Å²) in [6.07, 6.45) is 2.01. The van der Waals surface area contributed by atoms with Gasteiger partial charge in [0, 0.05) is 12.2 Å². The number of hydrogen-bond donors (Lipinski definition) is 2. The van der Waals surface area contributed by atoms with Crippen molar-refractivity contribution >= 4 is 5.97 Å². The number of likely N-dealkylation sites (N-methyl/N-ethyl adjacent to an activating group) is 1. The minimum atomic E-state index is -0.801. The van der Waals surface area contributed by atoms with E-state index in [9.17, 15) is 9.90 Å². The molecule has 19 heavy (non-hydrogen) atoms. The molecule has 2 N–H and O–H groups in total. The van der Waals surface area contributed by atoms with Crippen molar-refractivity contribution in [3.8, 4) is 0 Å². The third kappa shape index (κ3) is 3.80. The molecule has 0 aliphatic heterocycles. The Labute approximate surface area is 115 Å². The van der Waals surface area contributed by atoms with Crippen LogP contribution in [0.15, 0.2) is 6.07 Å².